The molecule has 6 nitrogen and oxygen atoms in total. The van der Waals surface area contributed by atoms with Crippen molar-refractivity contribution in [2.75, 3.05) is 6.54 Å². The van der Waals surface area contributed by atoms with Gasteiger partial charge in [-0.2, -0.15) is 5.10 Å². The van der Waals surface area contributed by atoms with Crippen molar-refractivity contribution in [1.82, 2.24) is 14.7 Å². The molecule has 0 saturated carbocycles. The molecule has 0 radical (unpaired) electrons. The van der Waals surface area contributed by atoms with Crippen molar-refractivity contribution in [3.8, 4) is 5.69 Å². The maximum atomic E-state index is 12.5. The third-order valence-corrected chi connectivity index (χ3v) is 5.28. The monoisotopic (exact) mass is 389 g/mol. The topological polar surface area (TPSA) is 64.4 Å². The lowest BCUT2D eigenvalue weighted by Gasteiger charge is -2.36. The smallest absolute Gasteiger partial charge is 0.308 e. The molecule has 1 aromatic heterocycles. The number of hydrogen-bond donors (Lipinski definition) is 0. The SMILES string of the molecule is CC(=O)N1CCc2ccccc2C1CC(=O)OCc1ccc(-n2cccn2)cc1. The maximum absolute atomic E-state index is 12.5. The van der Waals surface area contributed by atoms with E-state index in [-0.39, 0.29) is 30.9 Å². The summed E-state index contributed by atoms with van der Waals surface area (Å²) < 4.78 is 7.28. The van der Waals surface area contributed by atoms with Gasteiger partial charge in [0, 0.05) is 25.9 Å². The lowest BCUT2D eigenvalue weighted by atomic mass is 9.90. The summed E-state index contributed by atoms with van der Waals surface area (Å²) in [6.45, 7) is 2.37. The van der Waals surface area contributed by atoms with Crippen LogP contribution in [0.1, 0.15) is 36.1 Å². The number of hydrogen-bond acceptors (Lipinski definition) is 4. The first-order chi connectivity index (χ1) is 14.1. The Kier molecular flexibility index (Phi) is 5.42. The molecule has 0 bridgehead atoms. The van der Waals surface area contributed by atoms with Gasteiger partial charge in [-0.1, -0.05) is 36.4 Å². The molecule has 0 fully saturated rings. The summed E-state index contributed by atoms with van der Waals surface area (Å²) in [5.74, 6) is -0.333. The summed E-state index contributed by atoms with van der Waals surface area (Å²) in [6, 6.07) is 17.3. The molecule has 148 valence electrons. The molecule has 2 heterocycles. The Bertz CT molecular complexity index is 996. The summed E-state index contributed by atoms with van der Waals surface area (Å²) in [5.41, 5.74) is 4.08. The van der Waals surface area contributed by atoms with E-state index < -0.39 is 0 Å². The summed E-state index contributed by atoms with van der Waals surface area (Å²) >= 11 is 0. The van der Waals surface area contributed by atoms with Crippen molar-refractivity contribution in [3.05, 3.63) is 83.7 Å². The molecular formula is C23H23N3O3. The minimum absolute atomic E-state index is 0.0217. The lowest BCUT2D eigenvalue weighted by Crippen LogP contribution is -2.39. The molecule has 2 aromatic carbocycles. The van der Waals surface area contributed by atoms with Crippen LogP contribution in [-0.4, -0.2) is 33.1 Å². The first-order valence-corrected chi connectivity index (χ1v) is 9.71. The Labute approximate surface area is 169 Å². The van der Waals surface area contributed by atoms with E-state index in [1.807, 2.05) is 54.7 Å². The fourth-order valence-corrected chi connectivity index (χ4v) is 3.80. The number of fused-ring (bicyclic) bond motifs is 1. The van der Waals surface area contributed by atoms with Crippen molar-refractivity contribution < 1.29 is 14.3 Å². The van der Waals surface area contributed by atoms with Crippen molar-refractivity contribution in [3.63, 3.8) is 0 Å². The van der Waals surface area contributed by atoms with Crippen LogP contribution in [0, 0.1) is 0 Å². The highest BCUT2D eigenvalue weighted by molar-refractivity contribution is 5.77. The molecule has 0 spiro atoms. The number of carbonyl (C=O) groups excluding carboxylic acids is 2. The third kappa shape index (κ3) is 4.21. The Morgan fingerprint density at radius 1 is 1.10 bits per heavy atom. The van der Waals surface area contributed by atoms with Gasteiger partial charge in [-0.05, 0) is 41.3 Å². The summed E-state index contributed by atoms with van der Waals surface area (Å²) in [6.07, 6.45) is 4.56. The Morgan fingerprint density at radius 2 is 1.90 bits per heavy atom. The van der Waals surface area contributed by atoms with Crippen LogP contribution < -0.4 is 0 Å². The molecule has 29 heavy (non-hydrogen) atoms. The first kappa shape index (κ1) is 18.9. The Balaban J connectivity index is 1.40. The third-order valence-electron chi connectivity index (χ3n) is 5.28. The van der Waals surface area contributed by atoms with E-state index in [0.717, 1.165) is 23.2 Å². The van der Waals surface area contributed by atoms with Crippen LogP contribution in [0.5, 0.6) is 0 Å². The fourth-order valence-electron chi connectivity index (χ4n) is 3.80. The molecule has 1 unspecified atom stereocenters. The van der Waals surface area contributed by atoms with Crippen molar-refractivity contribution in [2.24, 2.45) is 0 Å². The second kappa shape index (κ2) is 8.31. The van der Waals surface area contributed by atoms with Gasteiger partial charge in [0.15, 0.2) is 0 Å². The van der Waals surface area contributed by atoms with Crippen LogP contribution in [0.3, 0.4) is 0 Å². The molecule has 3 aromatic rings. The van der Waals surface area contributed by atoms with E-state index in [1.165, 1.54) is 5.56 Å². The van der Waals surface area contributed by atoms with Crippen molar-refractivity contribution >= 4 is 11.9 Å². The van der Waals surface area contributed by atoms with Crippen LogP contribution >= 0.6 is 0 Å². The van der Waals surface area contributed by atoms with E-state index in [9.17, 15) is 9.59 Å². The first-order valence-electron chi connectivity index (χ1n) is 9.71. The summed E-state index contributed by atoms with van der Waals surface area (Å²) in [5, 5.41) is 4.19. The zero-order valence-corrected chi connectivity index (χ0v) is 16.3. The number of amides is 1. The highest BCUT2D eigenvalue weighted by Gasteiger charge is 2.31. The van der Waals surface area contributed by atoms with E-state index in [4.69, 9.17) is 4.74 Å². The zero-order chi connectivity index (χ0) is 20.2. The maximum Gasteiger partial charge on any atom is 0.308 e. The predicted octanol–water partition coefficient (Wildman–Crippen LogP) is 3.45. The zero-order valence-electron chi connectivity index (χ0n) is 16.3. The average molecular weight is 389 g/mol. The van der Waals surface area contributed by atoms with Crippen LogP contribution in [0.25, 0.3) is 5.69 Å². The van der Waals surface area contributed by atoms with Gasteiger partial charge in [-0.3, -0.25) is 9.59 Å². The molecule has 4 rings (SSSR count). The van der Waals surface area contributed by atoms with Crippen LogP contribution in [0.2, 0.25) is 0 Å². The molecule has 1 atom stereocenters. The quantitative estimate of drug-likeness (QED) is 0.627. The van der Waals surface area contributed by atoms with E-state index in [0.29, 0.717) is 6.54 Å². The van der Waals surface area contributed by atoms with Gasteiger partial charge in [0.25, 0.3) is 0 Å². The number of nitrogens with zero attached hydrogens (tertiary/aromatic N) is 3. The standard InChI is InChI=1S/C23H23N3O3/c1-17(27)25-14-11-19-5-2-3-6-21(19)22(25)15-23(28)29-16-18-7-9-20(10-8-18)26-13-4-12-24-26/h2-10,12-13,22H,11,14-16H2,1H3. The predicted molar refractivity (Wildman–Crippen MR) is 108 cm³/mol. The molecule has 1 aliphatic rings. The van der Waals surface area contributed by atoms with Gasteiger partial charge in [0.1, 0.15) is 6.61 Å². The average Bonchev–Trinajstić information content (AvgIpc) is 3.27. The summed E-state index contributed by atoms with van der Waals surface area (Å²) in [4.78, 5) is 26.4. The molecule has 0 saturated heterocycles. The largest absolute Gasteiger partial charge is 0.461 e. The van der Waals surface area contributed by atoms with Gasteiger partial charge in [-0.15, -0.1) is 0 Å². The molecule has 1 aliphatic heterocycles. The number of carbonyl (C=O) groups is 2. The lowest BCUT2D eigenvalue weighted by molar-refractivity contribution is -0.147. The molecule has 1 amide bonds. The number of rotatable bonds is 5. The van der Waals surface area contributed by atoms with E-state index in [2.05, 4.69) is 11.2 Å². The minimum atomic E-state index is -0.311. The second-order valence-electron chi connectivity index (χ2n) is 7.16. The molecule has 0 N–H and O–H groups in total. The number of aromatic nitrogens is 2. The number of esters is 1. The van der Waals surface area contributed by atoms with E-state index >= 15 is 0 Å². The van der Waals surface area contributed by atoms with Crippen molar-refractivity contribution in [1.29, 1.82) is 0 Å². The highest BCUT2D eigenvalue weighted by Crippen LogP contribution is 2.32. The second-order valence-corrected chi connectivity index (χ2v) is 7.16. The van der Waals surface area contributed by atoms with Crippen molar-refractivity contribution in [2.45, 2.75) is 32.4 Å². The molecule has 0 aliphatic carbocycles. The minimum Gasteiger partial charge on any atom is -0.461 e. The van der Waals surface area contributed by atoms with Gasteiger partial charge >= 0.3 is 5.97 Å². The van der Waals surface area contributed by atoms with Gasteiger partial charge in [0.05, 0.1) is 18.2 Å². The van der Waals surface area contributed by atoms with E-state index in [1.54, 1.807) is 22.7 Å². The Hall–Kier alpha value is -3.41. The van der Waals surface area contributed by atoms with Crippen LogP contribution in [0.15, 0.2) is 67.0 Å². The number of benzene rings is 2. The van der Waals surface area contributed by atoms with Crippen LogP contribution in [-0.2, 0) is 27.4 Å². The Morgan fingerprint density at radius 3 is 2.62 bits per heavy atom. The van der Waals surface area contributed by atoms with Crippen LogP contribution in [0.4, 0.5) is 0 Å². The summed E-state index contributed by atoms with van der Waals surface area (Å²) in [7, 11) is 0. The van der Waals surface area contributed by atoms with Gasteiger partial charge < -0.3 is 9.64 Å². The molecular weight excluding hydrogens is 366 g/mol. The van der Waals surface area contributed by atoms with Gasteiger partial charge in [-0.25, -0.2) is 4.68 Å². The van der Waals surface area contributed by atoms with Gasteiger partial charge in [0.2, 0.25) is 5.91 Å². The highest BCUT2D eigenvalue weighted by atomic mass is 16.5. The molecule has 6 heteroatoms. The normalized spacial score (nSPS) is 15.6. The fraction of sp³-hybridized carbons (Fsp3) is 0.261. The number of ether oxygens (including phenoxy) is 1.